The first kappa shape index (κ1) is 17.3. The number of carbonyl (C=O) groups is 2. The molecule has 2 rings (SSSR count). The second-order valence-electron chi connectivity index (χ2n) is 4.79. The summed E-state index contributed by atoms with van der Waals surface area (Å²) in [5.74, 6) is -4.22. The minimum Gasteiger partial charge on any atom is -0.480 e. The van der Waals surface area contributed by atoms with Gasteiger partial charge in [0.2, 0.25) is 0 Å². The van der Waals surface area contributed by atoms with E-state index in [-0.39, 0.29) is 12.0 Å². The zero-order valence-electron chi connectivity index (χ0n) is 11.7. The van der Waals surface area contributed by atoms with Crippen molar-refractivity contribution in [2.24, 2.45) is 0 Å². The lowest BCUT2D eigenvalue weighted by atomic mass is 10.1. The zero-order valence-corrected chi connectivity index (χ0v) is 13.9. The maximum atomic E-state index is 13.2. The first-order chi connectivity index (χ1) is 10.9. The van der Waals surface area contributed by atoms with Crippen LogP contribution in [-0.4, -0.2) is 23.0 Å². The molecule has 0 saturated carbocycles. The molecule has 1 atom stereocenters. The molecule has 2 aromatic rings. The van der Waals surface area contributed by atoms with E-state index in [1.54, 1.807) is 12.1 Å². The molecule has 23 heavy (non-hydrogen) atoms. The van der Waals surface area contributed by atoms with Gasteiger partial charge in [-0.05, 0) is 52.4 Å². The van der Waals surface area contributed by atoms with Gasteiger partial charge in [0.15, 0.2) is 11.6 Å². The van der Waals surface area contributed by atoms with E-state index in [9.17, 15) is 23.5 Å². The summed E-state index contributed by atoms with van der Waals surface area (Å²) in [5.41, 5.74) is 0.629. The van der Waals surface area contributed by atoms with E-state index in [0.29, 0.717) is 0 Å². The van der Waals surface area contributed by atoms with E-state index in [0.717, 1.165) is 27.3 Å². The quantitative estimate of drug-likeness (QED) is 0.716. The lowest BCUT2D eigenvalue weighted by Crippen LogP contribution is -2.42. The number of hydrogen-bond acceptors (Lipinski definition) is 2. The third-order valence-electron chi connectivity index (χ3n) is 3.17. The fourth-order valence-corrected chi connectivity index (χ4v) is 2.57. The molecule has 0 unspecified atom stereocenters. The molecule has 0 fully saturated rings. The van der Waals surface area contributed by atoms with Crippen LogP contribution >= 0.6 is 22.6 Å². The largest absolute Gasteiger partial charge is 0.480 e. The minimum atomic E-state index is -1.21. The van der Waals surface area contributed by atoms with Crippen molar-refractivity contribution in [2.75, 3.05) is 0 Å². The Hall–Kier alpha value is -2.03. The fraction of sp³-hybridized carbons (Fsp3) is 0.125. The van der Waals surface area contributed by atoms with Gasteiger partial charge in [0, 0.05) is 15.6 Å². The van der Waals surface area contributed by atoms with Crippen molar-refractivity contribution in [3.63, 3.8) is 0 Å². The minimum absolute atomic E-state index is 0.0872. The van der Waals surface area contributed by atoms with Gasteiger partial charge in [0.25, 0.3) is 5.91 Å². The molecule has 7 heteroatoms. The van der Waals surface area contributed by atoms with Crippen LogP contribution in [0.3, 0.4) is 0 Å². The number of benzene rings is 2. The van der Waals surface area contributed by atoms with Gasteiger partial charge in [0.05, 0.1) is 0 Å². The van der Waals surface area contributed by atoms with E-state index in [4.69, 9.17) is 0 Å². The van der Waals surface area contributed by atoms with Crippen LogP contribution in [0, 0.1) is 15.2 Å². The molecular formula is C16H12F2INO3. The van der Waals surface area contributed by atoms with E-state index in [1.165, 1.54) is 0 Å². The van der Waals surface area contributed by atoms with Crippen LogP contribution in [0.5, 0.6) is 0 Å². The Bertz CT molecular complexity index is 752. The maximum absolute atomic E-state index is 13.2. The fourth-order valence-electron chi connectivity index (χ4n) is 1.96. The summed E-state index contributed by atoms with van der Waals surface area (Å²) in [6, 6.07) is 8.66. The lowest BCUT2D eigenvalue weighted by molar-refractivity contribution is -0.139. The number of hydrogen-bond donors (Lipinski definition) is 2. The number of carboxylic acid groups (broad SMARTS) is 1. The van der Waals surface area contributed by atoms with E-state index in [1.807, 2.05) is 12.1 Å². The van der Waals surface area contributed by atoms with Gasteiger partial charge in [-0.1, -0.05) is 18.2 Å². The van der Waals surface area contributed by atoms with Gasteiger partial charge in [0.1, 0.15) is 6.04 Å². The molecule has 0 aliphatic rings. The number of halogens is 3. The van der Waals surface area contributed by atoms with Gasteiger partial charge < -0.3 is 10.4 Å². The standard InChI is InChI=1S/C16H12F2INO3/c17-11-6-5-10(7-12(11)18)15(21)20-14(16(22)23)8-9-3-1-2-4-13(9)19/h1-7,14H,8H2,(H,20,21)(H,22,23)/t14-/m0/s1. The molecular weight excluding hydrogens is 419 g/mol. The van der Waals surface area contributed by atoms with Crippen molar-refractivity contribution in [1.29, 1.82) is 0 Å². The summed E-state index contributed by atoms with van der Waals surface area (Å²) in [7, 11) is 0. The van der Waals surface area contributed by atoms with Crippen molar-refractivity contribution >= 4 is 34.5 Å². The normalized spacial score (nSPS) is 11.8. The smallest absolute Gasteiger partial charge is 0.326 e. The molecule has 0 saturated heterocycles. The Morgan fingerprint density at radius 3 is 2.43 bits per heavy atom. The molecule has 0 bridgehead atoms. The maximum Gasteiger partial charge on any atom is 0.326 e. The summed E-state index contributed by atoms with van der Waals surface area (Å²) in [6.07, 6.45) is 0.0872. The predicted octanol–water partition coefficient (Wildman–Crippen LogP) is 3.00. The van der Waals surface area contributed by atoms with Gasteiger partial charge in [-0.15, -0.1) is 0 Å². The Kier molecular flexibility index (Phi) is 5.64. The lowest BCUT2D eigenvalue weighted by Gasteiger charge is -2.15. The summed E-state index contributed by atoms with van der Waals surface area (Å²) in [4.78, 5) is 23.4. The highest BCUT2D eigenvalue weighted by molar-refractivity contribution is 14.1. The summed E-state index contributed by atoms with van der Waals surface area (Å²) in [6.45, 7) is 0. The van der Waals surface area contributed by atoms with Crippen LogP contribution in [0.15, 0.2) is 42.5 Å². The molecule has 4 nitrogen and oxygen atoms in total. The van der Waals surface area contributed by atoms with Gasteiger partial charge in [-0.25, -0.2) is 13.6 Å². The van der Waals surface area contributed by atoms with Gasteiger partial charge >= 0.3 is 5.97 Å². The van der Waals surface area contributed by atoms with Crippen LogP contribution in [0.2, 0.25) is 0 Å². The number of aliphatic carboxylic acids is 1. The van der Waals surface area contributed by atoms with Crippen molar-refractivity contribution < 1.29 is 23.5 Å². The number of carboxylic acids is 1. The number of carbonyl (C=O) groups excluding carboxylic acids is 1. The Morgan fingerprint density at radius 2 is 1.83 bits per heavy atom. The SMILES string of the molecule is O=C(N[C@@H](Cc1ccccc1I)C(=O)O)c1ccc(F)c(F)c1. The summed E-state index contributed by atoms with van der Waals surface area (Å²) >= 11 is 2.07. The molecule has 0 radical (unpaired) electrons. The third kappa shape index (κ3) is 4.47. The first-order valence-electron chi connectivity index (χ1n) is 6.60. The molecule has 2 aromatic carbocycles. The Labute approximate surface area is 144 Å². The molecule has 0 aliphatic carbocycles. The van der Waals surface area contributed by atoms with E-state index in [2.05, 4.69) is 27.9 Å². The molecule has 2 N–H and O–H groups in total. The molecule has 0 heterocycles. The van der Waals surface area contributed by atoms with Crippen molar-refractivity contribution in [2.45, 2.75) is 12.5 Å². The van der Waals surface area contributed by atoms with Crippen LogP contribution in [-0.2, 0) is 11.2 Å². The van der Waals surface area contributed by atoms with Crippen molar-refractivity contribution in [3.05, 3.63) is 68.8 Å². The predicted molar refractivity (Wildman–Crippen MR) is 88.1 cm³/mol. The highest BCUT2D eigenvalue weighted by Crippen LogP contribution is 2.14. The van der Waals surface area contributed by atoms with Crippen molar-refractivity contribution in [1.82, 2.24) is 5.32 Å². The average molecular weight is 431 g/mol. The third-order valence-corrected chi connectivity index (χ3v) is 4.22. The second-order valence-corrected chi connectivity index (χ2v) is 5.95. The summed E-state index contributed by atoms with van der Waals surface area (Å²) in [5, 5.41) is 11.6. The van der Waals surface area contributed by atoms with E-state index >= 15 is 0 Å². The van der Waals surface area contributed by atoms with Crippen LogP contribution in [0.25, 0.3) is 0 Å². The molecule has 0 aromatic heterocycles. The van der Waals surface area contributed by atoms with Crippen molar-refractivity contribution in [3.8, 4) is 0 Å². The molecule has 0 spiro atoms. The highest BCUT2D eigenvalue weighted by atomic mass is 127. The average Bonchev–Trinajstić information content (AvgIpc) is 2.51. The van der Waals surface area contributed by atoms with Crippen LogP contribution in [0.4, 0.5) is 8.78 Å². The number of nitrogens with one attached hydrogen (secondary N) is 1. The van der Waals surface area contributed by atoms with Crippen LogP contribution in [0.1, 0.15) is 15.9 Å². The molecule has 0 aliphatic heterocycles. The highest BCUT2D eigenvalue weighted by Gasteiger charge is 2.22. The van der Waals surface area contributed by atoms with Gasteiger partial charge in [-0.2, -0.15) is 0 Å². The Balaban J connectivity index is 2.16. The summed E-state index contributed by atoms with van der Waals surface area (Å²) < 4.78 is 26.9. The molecule has 120 valence electrons. The second kappa shape index (κ2) is 7.49. The number of amides is 1. The number of rotatable bonds is 5. The monoisotopic (exact) mass is 431 g/mol. The molecule has 1 amide bonds. The van der Waals surface area contributed by atoms with Crippen LogP contribution < -0.4 is 5.32 Å². The topological polar surface area (TPSA) is 66.4 Å². The zero-order chi connectivity index (χ0) is 17.0. The van der Waals surface area contributed by atoms with Gasteiger partial charge in [-0.3, -0.25) is 4.79 Å². The Morgan fingerprint density at radius 1 is 1.13 bits per heavy atom. The van der Waals surface area contributed by atoms with E-state index < -0.39 is 29.6 Å². The first-order valence-corrected chi connectivity index (χ1v) is 7.68.